The van der Waals surface area contributed by atoms with Crippen LogP contribution in [0, 0.1) is 25.5 Å². The molecule has 3 heteroatoms. The van der Waals surface area contributed by atoms with Gasteiger partial charge in [-0.05, 0) is 61.4 Å². The summed E-state index contributed by atoms with van der Waals surface area (Å²) in [6.45, 7) is 3.65. The molecule has 0 spiro atoms. The molecule has 0 atom stereocenters. The van der Waals surface area contributed by atoms with E-state index in [2.05, 4.69) is 0 Å². The molecule has 3 rings (SSSR count). The molecule has 3 aromatic carbocycles. The van der Waals surface area contributed by atoms with E-state index in [-0.39, 0.29) is 11.6 Å². The maximum Gasteiger partial charge on any atom is 0.147 e. The third-order valence-corrected chi connectivity index (χ3v) is 3.70. The molecule has 23 heavy (non-hydrogen) atoms. The van der Waals surface area contributed by atoms with Crippen molar-refractivity contribution in [3.8, 4) is 0 Å². The van der Waals surface area contributed by atoms with E-state index in [4.69, 9.17) is 0 Å². The Labute approximate surface area is 134 Å². The summed E-state index contributed by atoms with van der Waals surface area (Å²) in [5.74, 6) is -0.761. The zero-order valence-electron chi connectivity index (χ0n) is 13.1. The molecule has 0 N–H and O–H groups in total. The second kappa shape index (κ2) is 6.21. The van der Waals surface area contributed by atoms with E-state index < -0.39 is 0 Å². The van der Waals surface area contributed by atoms with Crippen molar-refractivity contribution in [3.63, 3.8) is 0 Å². The van der Waals surface area contributed by atoms with Gasteiger partial charge in [-0.2, -0.15) is 0 Å². The fourth-order valence-electron chi connectivity index (χ4n) is 2.57. The zero-order chi connectivity index (χ0) is 16.4. The Bertz CT molecular complexity index is 777. The Kier molecular flexibility index (Phi) is 4.11. The first-order valence-electron chi connectivity index (χ1n) is 7.44. The first-order chi connectivity index (χ1) is 11.1. The summed E-state index contributed by atoms with van der Waals surface area (Å²) < 4.78 is 29.0. The minimum Gasteiger partial charge on any atom is -0.305 e. The van der Waals surface area contributed by atoms with Gasteiger partial charge in [0.1, 0.15) is 11.6 Å². The lowest BCUT2D eigenvalue weighted by Gasteiger charge is -2.26. The number of nitrogens with zero attached hydrogens (tertiary/aromatic N) is 1. The van der Waals surface area contributed by atoms with Crippen molar-refractivity contribution < 1.29 is 8.78 Å². The average molecular weight is 309 g/mol. The van der Waals surface area contributed by atoms with Crippen LogP contribution in [-0.2, 0) is 0 Å². The molecule has 116 valence electrons. The largest absolute Gasteiger partial charge is 0.305 e. The van der Waals surface area contributed by atoms with Crippen LogP contribution in [-0.4, -0.2) is 0 Å². The molecule has 0 heterocycles. The SMILES string of the molecule is Cc1ccc(N(c2ccccc2)c2ccc(C)cc2F)c(F)c1. The quantitative estimate of drug-likeness (QED) is 0.569. The van der Waals surface area contributed by atoms with Crippen LogP contribution in [0.5, 0.6) is 0 Å². The lowest BCUT2D eigenvalue weighted by Crippen LogP contribution is -2.13. The van der Waals surface area contributed by atoms with Crippen molar-refractivity contribution in [2.75, 3.05) is 4.90 Å². The van der Waals surface area contributed by atoms with Gasteiger partial charge in [-0.15, -0.1) is 0 Å². The molecule has 0 amide bonds. The summed E-state index contributed by atoms with van der Waals surface area (Å²) in [4.78, 5) is 1.60. The highest BCUT2D eigenvalue weighted by Gasteiger charge is 2.19. The van der Waals surface area contributed by atoms with Crippen molar-refractivity contribution in [2.24, 2.45) is 0 Å². The molecule has 0 aliphatic heterocycles. The molecule has 0 radical (unpaired) electrons. The Morgan fingerprint density at radius 1 is 0.652 bits per heavy atom. The van der Waals surface area contributed by atoms with E-state index in [1.54, 1.807) is 17.0 Å². The van der Waals surface area contributed by atoms with Gasteiger partial charge in [0.2, 0.25) is 0 Å². The number of rotatable bonds is 3. The highest BCUT2D eigenvalue weighted by atomic mass is 19.1. The monoisotopic (exact) mass is 309 g/mol. The predicted molar refractivity (Wildman–Crippen MR) is 90.5 cm³/mol. The van der Waals surface area contributed by atoms with Gasteiger partial charge in [0.25, 0.3) is 0 Å². The van der Waals surface area contributed by atoms with Gasteiger partial charge in [-0.25, -0.2) is 8.78 Å². The topological polar surface area (TPSA) is 3.24 Å². The van der Waals surface area contributed by atoms with E-state index in [9.17, 15) is 8.78 Å². The zero-order valence-corrected chi connectivity index (χ0v) is 13.1. The predicted octanol–water partition coefficient (Wildman–Crippen LogP) is 6.05. The summed E-state index contributed by atoms with van der Waals surface area (Å²) in [7, 11) is 0. The summed E-state index contributed by atoms with van der Waals surface area (Å²) in [6, 6.07) is 19.1. The van der Waals surface area contributed by atoms with Crippen LogP contribution in [0.1, 0.15) is 11.1 Å². The van der Waals surface area contributed by atoms with Crippen LogP contribution >= 0.6 is 0 Å². The number of para-hydroxylation sites is 1. The second-order valence-corrected chi connectivity index (χ2v) is 5.58. The Hall–Kier alpha value is -2.68. The van der Waals surface area contributed by atoms with Crippen molar-refractivity contribution >= 4 is 17.1 Å². The number of hydrogen-bond donors (Lipinski definition) is 0. The molecule has 0 aliphatic carbocycles. The van der Waals surface area contributed by atoms with Gasteiger partial charge in [0.05, 0.1) is 11.4 Å². The summed E-state index contributed by atoms with van der Waals surface area (Å²) >= 11 is 0. The minimum atomic E-state index is -0.381. The summed E-state index contributed by atoms with van der Waals surface area (Å²) in [5, 5.41) is 0. The van der Waals surface area contributed by atoms with E-state index in [1.807, 2.05) is 56.3 Å². The van der Waals surface area contributed by atoms with E-state index in [1.165, 1.54) is 12.1 Å². The number of aryl methyl sites for hydroxylation is 2. The summed E-state index contributed by atoms with van der Waals surface area (Å²) in [5.41, 5.74) is 3.00. The van der Waals surface area contributed by atoms with E-state index in [0.717, 1.165) is 11.1 Å². The normalized spacial score (nSPS) is 10.6. The number of halogens is 2. The number of hydrogen-bond acceptors (Lipinski definition) is 1. The fraction of sp³-hybridized carbons (Fsp3) is 0.100. The minimum absolute atomic E-state index is 0.324. The molecule has 0 aliphatic rings. The lowest BCUT2D eigenvalue weighted by atomic mass is 10.1. The smallest absolute Gasteiger partial charge is 0.147 e. The maximum atomic E-state index is 14.5. The standard InChI is InChI=1S/C20H17F2N/c1-14-8-10-19(17(21)12-14)23(16-6-4-3-5-7-16)20-11-9-15(2)13-18(20)22/h3-13H,1-2H3. The van der Waals surface area contributed by atoms with Crippen LogP contribution in [0.15, 0.2) is 66.7 Å². The van der Waals surface area contributed by atoms with Crippen LogP contribution in [0.3, 0.4) is 0 Å². The molecule has 0 aromatic heterocycles. The van der Waals surface area contributed by atoms with E-state index >= 15 is 0 Å². The van der Waals surface area contributed by atoms with Gasteiger partial charge in [-0.3, -0.25) is 0 Å². The molecule has 0 fully saturated rings. The molecular formula is C20H17F2N. The van der Waals surface area contributed by atoms with Crippen molar-refractivity contribution in [3.05, 3.63) is 89.5 Å². The highest BCUT2D eigenvalue weighted by molar-refractivity contribution is 5.77. The second-order valence-electron chi connectivity index (χ2n) is 5.58. The Morgan fingerprint density at radius 3 is 1.57 bits per heavy atom. The Balaban J connectivity index is 2.22. The van der Waals surface area contributed by atoms with Crippen molar-refractivity contribution in [1.82, 2.24) is 0 Å². The lowest BCUT2D eigenvalue weighted by molar-refractivity contribution is 0.618. The first-order valence-corrected chi connectivity index (χ1v) is 7.44. The molecular weight excluding hydrogens is 292 g/mol. The van der Waals surface area contributed by atoms with Crippen LogP contribution in [0.2, 0.25) is 0 Å². The molecule has 3 aromatic rings. The van der Waals surface area contributed by atoms with Gasteiger partial charge in [-0.1, -0.05) is 30.3 Å². The fourth-order valence-corrected chi connectivity index (χ4v) is 2.57. The third kappa shape index (κ3) is 3.09. The first kappa shape index (κ1) is 15.2. The highest BCUT2D eigenvalue weighted by Crippen LogP contribution is 2.37. The third-order valence-electron chi connectivity index (χ3n) is 3.70. The van der Waals surface area contributed by atoms with Crippen molar-refractivity contribution in [2.45, 2.75) is 13.8 Å². The molecule has 1 nitrogen and oxygen atoms in total. The van der Waals surface area contributed by atoms with Gasteiger partial charge in [0, 0.05) is 5.69 Å². The summed E-state index contributed by atoms with van der Waals surface area (Å²) in [6.07, 6.45) is 0. The number of benzene rings is 3. The van der Waals surface area contributed by atoms with Gasteiger partial charge >= 0.3 is 0 Å². The average Bonchev–Trinajstić information content (AvgIpc) is 2.52. The number of anilines is 3. The van der Waals surface area contributed by atoms with Crippen LogP contribution < -0.4 is 4.90 Å². The van der Waals surface area contributed by atoms with Gasteiger partial charge in [0.15, 0.2) is 0 Å². The molecule has 0 bridgehead atoms. The van der Waals surface area contributed by atoms with Crippen molar-refractivity contribution in [1.29, 1.82) is 0 Å². The maximum absolute atomic E-state index is 14.5. The van der Waals surface area contributed by atoms with Crippen LogP contribution in [0.4, 0.5) is 25.8 Å². The van der Waals surface area contributed by atoms with Gasteiger partial charge < -0.3 is 4.90 Å². The molecule has 0 unspecified atom stereocenters. The van der Waals surface area contributed by atoms with Crippen LogP contribution in [0.25, 0.3) is 0 Å². The van der Waals surface area contributed by atoms with E-state index in [0.29, 0.717) is 17.1 Å². The molecule has 0 saturated heterocycles. The molecule has 0 saturated carbocycles. The Morgan fingerprint density at radius 2 is 1.13 bits per heavy atom.